The van der Waals surface area contributed by atoms with E-state index in [1.807, 2.05) is 0 Å². The van der Waals surface area contributed by atoms with Gasteiger partial charge < -0.3 is 0 Å². The summed E-state index contributed by atoms with van der Waals surface area (Å²) in [4.78, 5) is 14.2. The van der Waals surface area contributed by atoms with Gasteiger partial charge in [-0.1, -0.05) is 0 Å². The molecule has 0 aromatic heterocycles. The van der Waals surface area contributed by atoms with E-state index in [9.17, 15) is 0 Å². The first kappa shape index (κ1) is 15.7. The summed E-state index contributed by atoms with van der Waals surface area (Å²) in [6.45, 7) is 0. The maximum absolute atomic E-state index is 8.70. The average molecular weight is 415 g/mol. The summed E-state index contributed by atoms with van der Waals surface area (Å²) >= 11 is 0. The van der Waals surface area contributed by atoms with E-state index in [1.54, 1.807) is 0 Å². The fourth-order valence-electron chi connectivity index (χ4n) is 0. The van der Waals surface area contributed by atoms with Crippen LogP contribution in [0.25, 0.3) is 0 Å². The molecule has 6 heavy (non-hydrogen) atoms. The first-order valence-electron chi connectivity index (χ1n) is 0.583. The van der Waals surface area contributed by atoms with Crippen molar-refractivity contribution < 1.29 is 14.4 Å². The molecule has 0 saturated carbocycles. The summed E-state index contributed by atoms with van der Waals surface area (Å²) in [7, 11) is -2.87. The zero-order valence-electron chi connectivity index (χ0n) is 3.16. The number of hydrogen-bond acceptors (Lipinski definition) is 1. The predicted molar refractivity (Wildman–Crippen MR) is 30.5 cm³/mol. The molecule has 0 heterocycles. The zero-order valence-corrected chi connectivity index (χ0v) is 13.6. The molecule has 0 rings (SSSR count). The van der Waals surface area contributed by atoms with Gasteiger partial charge in [0, 0.05) is 4.57 Å². The molecule has 0 amide bonds. The zero-order chi connectivity index (χ0) is 3.58. The van der Waals surface area contributed by atoms with E-state index >= 15 is 0 Å². The maximum atomic E-state index is 8.70. The Morgan fingerprint density at radius 3 is 1.33 bits per heavy atom. The van der Waals surface area contributed by atoms with E-state index in [1.165, 1.54) is 0 Å². The molecule has 0 spiro atoms. The molecule has 38 valence electrons. The molecule has 0 aromatic carbocycles. The van der Waals surface area contributed by atoms with Gasteiger partial charge in [0.1, 0.15) is 0 Å². The Bertz CT molecular complexity index is 33.8. The van der Waals surface area contributed by atoms with Crippen LogP contribution < -0.4 is 0 Å². The van der Waals surface area contributed by atoms with Crippen LogP contribution >= 0.6 is 8.25 Å². The molecule has 3 nitrogen and oxygen atoms in total. The van der Waals surface area contributed by atoms with Crippen LogP contribution in [0.2, 0.25) is 0 Å². The van der Waals surface area contributed by atoms with Gasteiger partial charge in [0.2, 0.25) is 0 Å². The average Bonchev–Trinajstić information content (AvgIpc) is 0.811. The van der Waals surface area contributed by atoms with Crippen LogP contribution in [0.15, 0.2) is 0 Å². The van der Waals surface area contributed by atoms with Gasteiger partial charge in [-0.2, -0.15) is 0 Å². The topological polar surface area (TPSA) is 57.5 Å². The third-order valence-corrected chi connectivity index (χ3v) is 0. The third kappa shape index (κ3) is 42.1. The first-order chi connectivity index (χ1) is 1.73. The molecule has 2 radical (unpaired) electrons. The predicted octanol–water partition coefficient (Wildman–Crippen LogP) is -2.47. The van der Waals surface area contributed by atoms with Gasteiger partial charge in [-0.15, -0.1) is 9.79 Å². The molecular formula is H7O3PPbSb+. The minimum absolute atomic E-state index is 0. The summed E-state index contributed by atoms with van der Waals surface area (Å²) in [6, 6.07) is 0. The van der Waals surface area contributed by atoms with Crippen molar-refractivity contribution in [2.75, 3.05) is 0 Å². The van der Waals surface area contributed by atoms with Gasteiger partial charge in [-0.25, -0.2) is 0 Å². The summed E-state index contributed by atoms with van der Waals surface area (Å²) < 4.78 is 8.70. The van der Waals surface area contributed by atoms with Crippen LogP contribution in [0.3, 0.4) is 0 Å². The van der Waals surface area contributed by atoms with Crippen molar-refractivity contribution in [3.05, 3.63) is 0 Å². The van der Waals surface area contributed by atoms with Crippen molar-refractivity contribution in [2.24, 2.45) is 0 Å². The van der Waals surface area contributed by atoms with E-state index in [-0.39, 0.29) is 51.7 Å². The molecule has 6 heteroatoms. The van der Waals surface area contributed by atoms with Crippen LogP contribution in [0.5, 0.6) is 0 Å². The molecule has 0 aliphatic heterocycles. The molecule has 0 unspecified atom stereocenters. The number of hydrogen-bond donors (Lipinski definition) is 2. The van der Waals surface area contributed by atoms with Gasteiger partial charge in [0.15, 0.2) is 0 Å². The van der Waals surface area contributed by atoms with Crippen LogP contribution in [0.4, 0.5) is 0 Å². The molecule has 2 N–H and O–H groups in total. The van der Waals surface area contributed by atoms with Gasteiger partial charge in [0.25, 0.3) is 0 Å². The van der Waals surface area contributed by atoms with Crippen molar-refractivity contribution in [1.82, 2.24) is 0 Å². The van der Waals surface area contributed by atoms with Crippen LogP contribution in [0, 0.1) is 0 Å². The van der Waals surface area contributed by atoms with E-state index in [0.717, 1.165) is 0 Å². The fraction of sp³-hybridized carbons (Fsp3) is 0. The van der Waals surface area contributed by atoms with Crippen molar-refractivity contribution in [3.63, 3.8) is 0 Å². The Hall–Kier alpha value is 1.76. The summed E-state index contributed by atoms with van der Waals surface area (Å²) in [5.41, 5.74) is 0. The Morgan fingerprint density at radius 2 is 1.33 bits per heavy atom. The molecule has 0 aromatic rings. The van der Waals surface area contributed by atoms with E-state index < -0.39 is 8.25 Å². The molecule has 0 saturated heterocycles. The van der Waals surface area contributed by atoms with Crippen molar-refractivity contribution in [3.8, 4) is 0 Å². The Balaban J connectivity index is -0.0000000450. The van der Waals surface area contributed by atoms with Crippen LogP contribution in [-0.2, 0) is 4.57 Å². The molecule has 0 fully saturated rings. The second-order valence-electron chi connectivity index (χ2n) is 0.253. The van der Waals surface area contributed by atoms with Gasteiger partial charge >= 0.3 is 60.0 Å². The monoisotopic (exact) mass is 415 g/mol. The Kier molecular flexibility index (Phi) is 25.8. The third-order valence-electron chi connectivity index (χ3n) is 0. The number of rotatable bonds is 0. The van der Waals surface area contributed by atoms with E-state index in [0.29, 0.717) is 0 Å². The first-order valence-corrected chi connectivity index (χ1v) is 1.75. The van der Waals surface area contributed by atoms with Crippen LogP contribution in [-0.4, -0.2) is 61.5 Å². The van der Waals surface area contributed by atoms with Gasteiger partial charge in [-0.3, -0.25) is 0 Å². The SMILES string of the molecule is O=[P+](O)O.[PbH2].[SbH3]. The van der Waals surface area contributed by atoms with Crippen molar-refractivity contribution >= 4 is 60.0 Å². The quantitative estimate of drug-likeness (QED) is 0.341. The van der Waals surface area contributed by atoms with E-state index in [2.05, 4.69) is 0 Å². The molecule has 0 bridgehead atoms. The van der Waals surface area contributed by atoms with Crippen molar-refractivity contribution in [1.29, 1.82) is 0 Å². The Morgan fingerprint density at radius 1 is 1.33 bits per heavy atom. The van der Waals surface area contributed by atoms with Gasteiger partial charge in [0.05, 0.1) is 0 Å². The Labute approximate surface area is 73.7 Å². The van der Waals surface area contributed by atoms with Gasteiger partial charge in [-0.05, 0) is 0 Å². The van der Waals surface area contributed by atoms with Crippen LogP contribution in [0.1, 0.15) is 0 Å². The summed E-state index contributed by atoms with van der Waals surface area (Å²) in [6.07, 6.45) is 0. The molecular weight excluding hydrogens is 408 g/mol. The standard InChI is InChI=1S/HO3P.Pb.Sb.5H/c1-4(2)3;;;;;;;/h(H-,1,2,3);;;;;;;/p+1. The normalized spacial score (nSPS) is 4.33. The van der Waals surface area contributed by atoms with Crippen molar-refractivity contribution in [2.45, 2.75) is 0 Å². The molecule has 0 aliphatic rings. The molecule has 0 atom stereocenters. The second kappa shape index (κ2) is 9.90. The summed E-state index contributed by atoms with van der Waals surface area (Å²) in [5, 5.41) is 0. The summed E-state index contributed by atoms with van der Waals surface area (Å²) in [5.74, 6) is 0. The van der Waals surface area contributed by atoms with E-state index in [4.69, 9.17) is 14.4 Å². The minimum atomic E-state index is -2.87. The fourth-order valence-corrected chi connectivity index (χ4v) is 0. The second-order valence-corrected chi connectivity index (χ2v) is 0.758. The molecule has 0 aliphatic carbocycles.